The maximum atomic E-state index is 8.90. The van der Waals surface area contributed by atoms with E-state index in [0.29, 0.717) is 17.4 Å². The molecule has 0 saturated heterocycles. The SMILES string of the molecule is COc1cc(CNCC(C)N(C)C)ccc1C#N. The number of ether oxygens (including phenoxy) is 1. The Morgan fingerprint density at radius 2 is 2.17 bits per heavy atom. The number of hydrogen-bond donors (Lipinski definition) is 1. The van der Waals surface area contributed by atoms with Crippen molar-refractivity contribution < 1.29 is 4.74 Å². The number of nitrogens with zero attached hydrogens (tertiary/aromatic N) is 2. The van der Waals surface area contributed by atoms with Crippen LogP contribution in [0.15, 0.2) is 18.2 Å². The van der Waals surface area contributed by atoms with Gasteiger partial charge in [0.05, 0.1) is 12.7 Å². The topological polar surface area (TPSA) is 48.3 Å². The van der Waals surface area contributed by atoms with Crippen LogP contribution in [0.5, 0.6) is 5.75 Å². The molecule has 0 amide bonds. The number of benzene rings is 1. The molecule has 0 saturated carbocycles. The minimum absolute atomic E-state index is 0.491. The maximum Gasteiger partial charge on any atom is 0.136 e. The summed E-state index contributed by atoms with van der Waals surface area (Å²) in [5.41, 5.74) is 1.69. The number of nitriles is 1. The molecule has 0 radical (unpaired) electrons. The number of likely N-dealkylation sites (N-methyl/N-ethyl adjacent to an activating group) is 1. The first kappa shape index (κ1) is 14.5. The van der Waals surface area contributed by atoms with Crippen molar-refractivity contribution in [2.24, 2.45) is 0 Å². The molecular weight excluding hydrogens is 226 g/mol. The summed E-state index contributed by atoms with van der Waals surface area (Å²) >= 11 is 0. The van der Waals surface area contributed by atoms with Gasteiger partial charge in [0, 0.05) is 19.1 Å². The summed E-state index contributed by atoms with van der Waals surface area (Å²) < 4.78 is 5.18. The summed E-state index contributed by atoms with van der Waals surface area (Å²) in [6.07, 6.45) is 0. The molecule has 1 unspecified atom stereocenters. The van der Waals surface area contributed by atoms with Gasteiger partial charge in [-0.25, -0.2) is 0 Å². The van der Waals surface area contributed by atoms with Crippen molar-refractivity contribution >= 4 is 0 Å². The summed E-state index contributed by atoms with van der Waals surface area (Å²) in [6, 6.07) is 8.26. The Hall–Kier alpha value is -1.57. The van der Waals surface area contributed by atoms with Crippen LogP contribution in [0.1, 0.15) is 18.1 Å². The van der Waals surface area contributed by atoms with Gasteiger partial charge in [-0.3, -0.25) is 0 Å². The summed E-state index contributed by atoms with van der Waals surface area (Å²) in [7, 11) is 5.72. The molecule has 1 aromatic rings. The average Bonchev–Trinajstić information content (AvgIpc) is 2.38. The molecule has 0 heterocycles. The Morgan fingerprint density at radius 1 is 1.44 bits per heavy atom. The van der Waals surface area contributed by atoms with Crippen LogP contribution in [0.2, 0.25) is 0 Å². The van der Waals surface area contributed by atoms with E-state index in [-0.39, 0.29) is 0 Å². The molecule has 4 heteroatoms. The molecule has 0 fully saturated rings. The van der Waals surface area contributed by atoms with Crippen LogP contribution >= 0.6 is 0 Å². The van der Waals surface area contributed by atoms with Crippen LogP contribution in [0.4, 0.5) is 0 Å². The Bertz CT molecular complexity index is 424. The van der Waals surface area contributed by atoms with Gasteiger partial charge in [-0.05, 0) is 38.7 Å². The van der Waals surface area contributed by atoms with E-state index in [4.69, 9.17) is 10.00 Å². The fourth-order valence-corrected chi connectivity index (χ4v) is 1.55. The molecule has 0 spiro atoms. The normalized spacial score (nSPS) is 12.2. The molecule has 0 bridgehead atoms. The van der Waals surface area contributed by atoms with Gasteiger partial charge in [0.15, 0.2) is 0 Å². The second-order valence-electron chi connectivity index (χ2n) is 4.59. The van der Waals surface area contributed by atoms with E-state index in [0.717, 1.165) is 18.7 Å². The van der Waals surface area contributed by atoms with E-state index in [1.807, 2.05) is 12.1 Å². The van der Waals surface area contributed by atoms with Gasteiger partial charge in [-0.1, -0.05) is 6.07 Å². The second kappa shape index (κ2) is 7.00. The number of nitrogens with one attached hydrogen (secondary N) is 1. The number of rotatable bonds is 6. The third-order valence-corrected chi connectivity index (χ3v) is 3.04. The first-order chi connectivity index (χ1) is 8.58. The van der Waals surface area contributed by atoms with E-state index >= 15 is 0 Å². The lowest BCUT2D eigenvalue weighted by molar-refractivity contribution is 0.302. The number of methoxy groups -OCH3 is 1. The fourth-order valence-electron chi connectivity index (χ4n) is 1.55. The summed E-state index contributed by atoms with van der Waals surface area (Å²) in [4.78, 5) is 2.17. The molecule has 4 nitrogen and oxygen atoms in total. The van der Waals surface area contributed by atoms with Crippen molar-refractivity contribution in [1.82, 2.24) is 10.2 Å². The van der Waals surface area contributed by atoms with E-state index in [1.54, 1.807) is 13.2 Å². The van der Waals surface area contributed by atoms with Gasteiger partial charge >= 0.3 is 0 Å². The minimum atomic E-state index is 0.491. The Morgan fingerprint density at radius 3 is 2.72 bits per heavy atom. The molecular formula is C14H21N3O. The highest BCUT2D eigenvalue weighted by molar-refractivity contribution is 5.45. The van der Waals surface area contributed by atoms with Crippen LogP contribution in [0.3, 0.4) is 0 Å². The highest BCUT2D eigenvalue weighted by Crippen LogP contribution is 2.19. The lowest BCUT2D eigenvalue weighted by atomic mass is 10.1. The van der Waals surface area contributed by atoms with Crippen molar-refractivity contribution in [1.29, 1.82) is 5.26 Å². The van der Waals surface area contributed by atoms with Crippen LogP contribution in [-0.2, 0) is 6.54 Å². The maximum absolute atomic E-state index is 8.90. The Kier molecular flexibility index (Phi) is 5.63. The van der Waals surface area contributed by atoms with Gasteiger partial charge < -0.3 is 15.0 Å². The zero-order chi connectivity index (χ0) is 13.5. The van der Waals surface area contributed by atoms with Gasteiger partial charge in [-0.15, -0.1) is 0 Å². The highest BCUT2D eigenvalue weighted by atomic mass is 16.5. The zero-order valence-electron chi connectivity index (χ0n) is 11.5. The van der Waals surface area contributed by atoms with Gasteiger partial charge in [-0.2, -0.15) is 5.26 Å². The minimum Gasteiger partial charge on any atom is -0.495 e. The van der Waals surface area contributed by atoms with Crippen LogP contribution < -0.4 is 10.1 Å². The second-order valence-corrected chi connectivity index (χ2v) is 4.59. The highest BCUT2D eigenvalue weighted by Gasteiger charge is 2.05. The summed E-state index contributed by atoms with van der Waals surface area (Å²) in [6.45, 7) is 3.88. The number of hydrogen-bond acceptors (Lipinski definition) is 4. The smallest absolute Gasteiger partial charge is 0.136 e. The van der Waals surface area contributed by atoms with E-state index in [9.17, 15) is 0 Å². The van der Waals surface area contributed by atoms with Crippen LogP contribution in [0.25, 0.3) is 0 Å². The van der Waals surface area contributed by atoms with Crippen molar-refractivity contribution in [2.75, 3.05) is 27.7 Å². The predicted octanol–water partition coefficient (Wildman–Crippen LogP) is 1.61. The molecule has 1 atom stereocenters. The van der Waals surface area contributed by atoms with Gasteiger partial charge in [0.2, 0.25) is 0 Å². The third-order valence-electron chi connectivity index (χ3n) is 3.04. The fraction of sp³-hybridized carbons (Fsp3) is 0.500. The van der Waals surface area contributed by atoms with E-state index < -0.39 is 0 Å². The van der Waals surface area contributed by atoms with Crippen molar-refractivity contribution in [3.8, 4) is 11.8 Å². The van der Waals surface area contributed by atoms with Gasteiger partial charge in [0.25, 0.3) is 0 Å². The molecule has 18 heavy (non-hydrogen) atoms. The lowest BCUT2D eigenvalue weighted by Crippen LogP contribution is -2.35. The summed E-state index contributed by atoms with van der Waals surface area (Å²) in [5, 5.41) is 12.3. The van der Waals surface area contributed by atoms with Crippen molar-refractivity contribution in [3.63, 3.8) is 0 Å². The van der Waals surface area contributed by atoms with Crippen molar-refractivity contribution in [2.45, 2.75) is 19.5 Å². The van der Waals surface area contributed by atoms with Crippen LogP contribution in [-0.4, -0.2) is 38.7 Å². The quantitative estimate of drug-likeness (QED) is 0.829. The van der Waals surface area contributed by atoms with Crippen molar-refractivity contribution in [3.05, 3.63) is 29.3 Å². The molecule has 0 aliphatic carbocycles. The summed E-state index contributed by atoms with van der Waals surface area (Å²) in [5.74, 6) is 0.637. The molecule has 0 aliphatic rings. The Labute approximate surface area is 109 Å². The predicted molar refractivity (Wildman–Crippen MR) is 72.6 cm³/mol. The van der Waals surface area contributed by atoms with Crippen LogP contribution in [0, 0.1) is 11.3 Å². The molecule has 1 rings (SSSR count). The molecule has 1 N–H and O–H groups in total. The monoisotopic (exact) mass is 247 g/mol. The average molecular weight is 247 g/mol. The third kappa shape index (κ3) is 4.02. The van der Waals surface area contributed by atoms with E-state index in [2.05, 4.69) is 37.3 Å². The Balaban J connectivity index is 2.56. The first-order valence-corrected chi connectivity index (χ1v) is 6.02. The molecule has 1 aromatic carbocycles. The molecule has 0 aromatic heterocycles. The molecule has 98 valence electrons. The zero-order valence-corrected chi connectivity index (χ0v) is 11.5. The standard InChI is InChI=1S/C14H21N3O/c1-11(17(2)3)9-16-10-12-5-6-13(8-15)14(7-12)18-4/h5-7,11,16H,9-10H2,1-4H3. The van der Waals surface area contributed by atoms with Gasteiger partial charge in [0.1, 0.15) is 11.8 Å². The van der Waals surface area contributed by atoms with E-state index in [1.165, 1.54) is 0 Å². The first-order valence-electron chi connectivity index (χ1n) is 6.02. The molecule has 0 aliphatic heterocycles. The lowest BCUT2D eigenvalue weighted by Gasteiger charge is -2.20. The largest absolute Gasteiger partial charge is 0.495 e.